The van der Waals surface area contributed by atoms with Crippen molar-refractivity contribution < 1.29 is 8.42 Å². The number of halogens is 2. The molecule has 0 bridgehead atoms. The summed E-state index contributed by atoms with van der Waals surface area (Å²) in [5.74, 6) is 0. The van der Waals surface area contributed by atoms with Crippen LogP contribution >= 0.6 is 23.2 Å². The lowest BCUT2D eigenvalue weighted by molar-refractivity contribution is 0.477. The minimum Gasteiger partial charge on any atom is -0.310 e. The number of hydrogen-bond acceptors (Lipinski definition) is 3. The molecule has 1 aliphatic carbocycles. The van der Waals surface area contributed by atoms with Crippen LogP contribution in [-0.4, -0.2) is 31.9 Å². The van der Waals surface area contributed by atoms with Crippen LogP contribution in [0, 0.1) is 0 Å². The van der Waals surface area contributed by atoms with Crippen molar-refractivity contribution in [3.05, 3.63) is 27.7 Å². The van der Waals surface area contributed by atoms with Gasteiger partial charge in [-0.2, -0.15) is 4.31 Å². The molecule has 2 aliphatic rings. The van der Waals surface area contributed by atoms with Gasteiger partial charge in [0.25, 0.3) is 0 Å². The fourth-order valence-corrected chi connectivity index (χ4v) is 4.94. The van der Waals surface area contributed by atoms with Crippen LogP contribution in [-0.2, 0) is 16.6 Å². The summed E-state index contributed by atoms with van der Waals surface area (Å²) in [6.45, 7) is 1.64. The second-order valence-corrected chi connectivity index (χ2v) is 8.30. The Labute approximate surface area is 135 Å². The standard InChI is InChI=1S/C14H18Cl2N2O2S/c15-12-5-6-13(21(19,20)18-7-1-2-8-18)14(16)11(12)9-17-10-3-4-10/h5-6,10,17H,1-4,7-9H2. The summed E-state index contributed by atoms with van der Waals surface area (Å²) in [6.07, 6.45) is 4.11. The molecule has 0 unspecified atom stereocenters. The van der Waals surface area contributed by atoms with Crippen LogP contribution in [0.5, 0.6) is 0 Å². The minimum absolute atomic E-state index is 0.170. The second-order valence-electron chi connectivity index (χ2n) is 5.60. The maximum atomic E-state index is 12.6. The lowest BCUT2D eigenvalue weighted by Gasteiger charge is -2.18. The Kier molecular flexibility index (Phi) is 4.48. The molecule has 0 amide bonds. The highest BCUT2D eigenvalue weighted by Crippen LogP contribution is 2.34. The Hall–Kier alpha value is -0.330. The summed E-state index contributed by atoms with van der Waals surface area (Å²) in [5.41, 5.74) is 0.672. The van der Waals surface area contributed by atoms with Gasteiger partial charge in [-0.25, -0.2) is 8.42 Å². The predicted molar refractivity (Wildman–Crippen MR) is 84.3 cm³/mol. The monoisotopic (exact) mass is 348 g/mol. The number of nitrogens with one attached hydrogen (secondary N) is 1. The van der Waals surface area contributed by atoms with E-state index in [1.54, 1.807) is 6.07 Å². The predicted octanol–water partition coefficient (Wildman–Crippen LogP) is 3.03. The number of rotatable bonds is 5. The van der Waals surface area contributed by atoms with Crippen molar-refractivity contribution in [2.75, 3.05) is 13.1 Å². The van der Waals surface area contributed by atoms with E-state index in [4.69, 9.17) is 23.2 Å². The molecule has 1 N–H and O–H groups in total. The van der Waals surface area contributed by atoms with Gasteiger partial charge in [0.1, 0.15) is 4.90 Å². The van der Waals surface area contributed by atoms with Crippen molar-refractivity contribution in [3.8, 4) is 0 Å². The maximum absolute atomic E-state index is 12.6. The third-order valence-electron chi connectivity index (χ3n) is 3.98. The van der Waals surface area contributed by atoms with Crippen LogP contribution < -0.4 is 5.32 Å². The molecule has 1 heterocycles. The fourth-order valence-electron chi connectivity index (χ4n) is 2.54. The molecule has 7 heteroatoms. The zero-order chi connectivity index (χ0) is 15.0. The molecular weight excluding hydrogens is 331 g/mol. The van der Waals surface area contributed by atoms with E-state index in [0.717, 1.165) is 25.7 Å². The number of hydrogen-bond donors (Lipinski definition) is 1. The molecule has 0 radical (unpaired) electrons. The van der Waals surface area contributed by atoms with Gasteiger partial charge in [-0.15, -0.1) is 0 Å². The van der Waals surface area contributed by atoms with Crippen LogP contribution in [0.15, 0.2) is 17.0 Å². The SMILES string of the molecule is O=S(=O)(c1ccc(Cl)c(CNC2CC2)c1Cl)N1CCCC1. The molecule has 0 spiro atoms. The van der Waals surface area contributed by atoms with Crippen molar-refractivity contribution in [2.24, 2.45) is 0 Å². The Morgan fingerprint density at radius 2 is 1.86 bits per heavy atom. The van der Waals surface area contributed by atoms with Gasteiger partial charge in [-0.05, 0) is 37.8 Å². The van der Waals surface area contributed by atoms with E-state index < -0.39 is 10.0 Å². The molecule has 1 aliphatic heterocycles. The van der Waals surface area contributed by atoms with Gasteiger partial charge in [-0.3, -0.25) is 0 Å². The summed E-state index contributed by atoms with van der Waals surface area (Å²) in [4.78, 5) is 0.170. The van der Waals surface area contributed by atoms with E-state index in [2.05, 4.69) is 5.32 Å². The summed E-state index contributed by atoms with van der Waals surface area (Å²) < 4.78 is 26.8. The third kappa shape index (κ3) is 3.22. The van der Waals surface area contributed by atoms with Gasteiger partial charge in [0.2, 0.25) is 10.0 Å². The molecule has 3 rings (SSSR count). The summed E-state index contributed by atoms with van der Waals surface area (Å²) in [7, 11) is -3.52. The molecule has 21 heavy (non-hydrogen) atoms. The lowest BCUT2D eigenvalue weighted by Crippen LogP contribution is -2.28. The van der Waals surface area contributed by atoms with E-state index in [1.165, 1.54) is 10.4 Å². The van der Waals surface area contributed by atoms with Crippen LogP contribution in [0.4, 0.5) is 0 Å². The Morgan fingerprint density at radius 3 is 2.48 bits per heavy atom. The molecule has 1 aromatic rings. The first kappa shape index (κ1) is 15.6. The Bertz CT molecular complexity index is 639. The van der Waals surface area contributed by atoms with E-state index in [9.17, 15) is 8.42 Å². The summed E-state index contributed by atoms with van der Waals surface area (Å²) in [6, 6.07) is 3.65. The smallest absolute Gasteiger partial charge is 0.244 e. The Morgan fingerprint density at radius 1 is 1.19 bits per heavy atom. The van der Waals surface area contributed by atoms with Gasteiger partial charge in [0, 0.05) is 36.3 Å². The first-order chi connectivity index (χ1) is 10.00. The quantitative estimate of drug-likeness (QED) is 0.889. The molecule has 1 saturated heterocycles. The van der Waals surface area contributed by atoms with Gasteiger partial charge >= 0.3 is 0 Å². The first-order valence-electron chi connectivity index (χ1n) is 7.20. The van der Waals surface area contributed by atoms with Crippen molar-refractivity contribution >= 4 is 33.2 Å². The van der Waals surface area contributed by atoms with Crippen molar-refractivity contribution in [1.29, 1.82) is 0 Å². The van der Waals surface area contributed by atoms with Crippen molar-refractivity contribution in [1.82, 2.24) is 9.62 Å². The van der Waals surface area contributed by atoms with E-state index in [0.29, 0.717) is 36.3 Å². The average molecular weight is 349 g/mol. The molecule has 1 aromatic carbocycles. The first-order valence-corrected chi connectivity index (χ1v) is 9.40. The van der Waals surface area contributed by atoms with Gasteiger partial charge < -0.3 is 5.32 Å². The molecule has 116 valence electrons. The minimum atomic E-state index is -3.52. The number of benzene rings is 1. The van der Waals surface area contributed by atoms with E-state index in [-0.39, 0.29) is 9.92 Å². The van der Waals surface area contributed by atoms with Crippen LogP contribution in [0.25, 0.3) is 0 Å². The molecule has 1 saturated carbocycles. The topological polar surface area (TPSA) is 49.4 Å². The fraction of sp³-hybridized carbons (Fsp3) is 0.571. The van der Waals surface area contributed by atoms with Crippen LogP contribution in [0.1, 0.15) is 31.2 Å². The third-order valence-corrected chi connectivity index (χ3v) is 6.82. The molecule has 4 nitrogen and oxygen atoms in total. The highest BCUT2D eigenvalue weighted by Gasteiger charge is 2.30. The van der Waals surface area contributed by atoms with Gasteiger partial charge in [0.15, 0.2) is 0 Å². The van der Waals surface area contributed by atoms with Crippen LogP contribution in [0.3, 0.4) is 0 Å². The highest BCUT2D eigenvalue weighted by molar-refractivity contribution is 7.89. The molecule has 2 fully saturated rings. The largest absolute Gasteiger partial charge is 0.310 e. The molecule has 0 atom stereocenters. The average Bonchev–Trinajstić information content (AvgIpc) is 3.08. The van der Waals surface area contributed by atoms with Gasteiger partial charge in [0.05, 0.1) is 5.02 Å². The van der Waals surface area contributed by atoms with E-state index in [1.807, 2.05) is 0 Å². The van der Waals surface area contributed by atoms with E-state index >= 15 is 0 Å². The lowest BCUT2D eigenvalue weighted by atomic mass is 10.2. The van der Waals surface area contributed by atoms with Crippen molar-refractivity contribution in [2.45, 2.75) is 43.2 Å². The molecule has 0 aromatic heterocycles. The highest BCUT2D eigenvalue weighted by atomic mass is 35.5. The summed E-state index contributed by atoms with van der Waals surface area (Å²) in [5, 5.41) is 4.09. The van der Waals surface area contributed by atoms with Crippen LogP contribution in [0.2, 0.25) is 10.0 Å². The zero-order valence-corrected chi connectivity index (χ0v) is 13.9. The Balaban J connectivity index is 1.92. The summed E-state index contributed by atoms with van der Waals surface area (Å²) >= 11 is 12.5. The molecular formula is C14H18Cl2N2O2S. The number of sulfonamides is 1. The number of nitrogens with zero attached hydrogens (tertiary/aromatic N) is 1. The normalized spacial score (nSPS) is 20.1. The second kappa shape index (κ2) is 6.05. The van der Waals surface area contributed by atoms with Gasteiger partial charge in [-0.1, -0.05) is 23.2 Å². The maximum Gasteiger partial charge on any atom is 0.244 e. The zero-order valence-electron chi connectivity index (χ0n) is 11.6. The van der Waals surface area contributed by atoms with Crippen molar-refractivity contribution in [3.63, 3.8) is 0 Å².